The summed E-state index contributed by atoms with van der Waals surface area (Å²) in [4.78, 5) is 0. The Balaban J connectivity index is 3.31. The molecule has 1 radical (unpaired) electrons. The molecule has 0 nitrogen and oxygen atoms in total. The second kappa shape index (κ2) is 14.0. The Labute approximate surface area is 130 Å². The molecule has 0 aromatic carbocycles. The van der Waals surface area contributed by atoms with Crippen molar-refractivity contribution in [1.82, 2.24) is 0 Å². The molecule has 0 spiro atoms. The highest BCUT2D eigenvalue weighted by Crippen LogP contribution is 2.27. The second-order valence-electron chi connectivity index (χ2n) is 7.07. The van der Waals surface area contributed by atoms with Crippen LogP contribution in [0.4, 0.5) is 0 Å². The van der Waals surface area contributed by atoms with Crippen molar-refractivity contribution in [1.29, 1.82) is 0 Å². The molecule has 0 N–H and O–H groups in total. The van der Waals surface area contributed by atoms with Crippen LogP contribution in [0.3, 0.4) is 0 Å². The van der Waals surface area contributed by atoms with Gasteiger partial charge in [-0.15, -0.1) is 0 Å². The molecule has 0 heterocycles. The zero-order chi connectivity index (χ0) is 15.2. The van der Waals surface area contributed by atoms with E-state index in [4.69, 9.17) is 0 Å². The summed E-state index contributed by atoms with van der Waals surface area (Å²) in [7, 11) is 0. The third-order valence-electron chi connectivity index (χ3n) is 5.26. The fourth-order valence-electron chi connectivity index (χ4n) is 3.04. The van der Waals surface area contributed by atoms with Crippen LogP contribution < -0.4 is 0 Å². The van der Waals surface area contributed by atoms with Gasteiger partial charge in [-0.1, -0.05) is 112 Å². The largest absolute Gasteiger partial charge is 0.0654 e. The Morgan fingerprint density at radius 2 is 1.10 bits per heavy atom. The molecular weight excluding hydrogens is 240 g/mol. The summed E-state index contributed by atoms with van der Waals surface area (Å²) in [5, 5.41) is 0. The first-order chi connectivity index (χ1) is 9.63. The van der Waals surface area contributed by atoms with Gasteiger partial charge in [-0.25, -0.2) is 0 Å². The van der Waals surface area contributed by atoms with Crippen LogP contribution in [0.5, 0.6) is 0 Å². The van der Waals surface area contributed by atoms with Crippen molar-refractivity contribution in [2.45, 2.75) is 105 Å². The summed E-state index contributed by atoms with van der Waals surface area (Å²) >= 11 is 0. The van der Waals surface area contributed by atoms with E-state index in [-0.39, 0.29) is 0 Å². The Bertz CT molecular complexity index is 184. The van der Waals surface area contributed by atoms with E-state index in [1.165, 1.54) is 70.6 Å². The van der Waals surface area contributed by atoms with Crippen molar-refractivity contribution in [3.63, 3.8) is 0 Å². The summed E-state index contributed by atoms with van der Waals surface area (Å²) in [5.74, 6) is 2.50. The maximum atomic E-state index is 4.05. The molecule has 3 unspecified atom stereocenters. The predicted molar refractivity (Wildman–Crippen MR) is 93.9 cm³/mol. The summed E-state index contributed by atoms with van der Waals surface area (Å²) in [5.41, 5.74) is 0. The van der Waals surface area contributed by atoms with Crippen molar-refractivity contribution < 1.29 is 0 Å². The minimum Gasteiger partial charge on any atom is -0.0654 e. The minimum atomic E-state index is 0.785. The molecule has 0 aromatic heterocycles. The fraction of sp³-hybridized carbons (Fsp3) is 0.950. The highest BCUT2D eigenvalue weighted by atomic mass is 14.2. The zero-order valence-corrected chi connectivity index (χ0v) is 14.9. The number of hydrogen-bond acceptors (Lipinski definition) is 0. The first-order valence-corrected chi connectivity index (χ1v) is 9.42. The maximum Gasteiger partial charge on any atom is -0.0391 e. The van der Waals surface area contributed by atoms with Crippen LogP contribution in [-0.2, 0) is 0 Å². The molecular formula is C20H41. The van der Waals surface area contributed by atoms with Gasteiger partial charge < -0.3 is 0 Å². The maximum absolute atomic E-state index is 4.05. The SMILES string of the molecule is [CH2]CC(C)C(C)C(C)CCCCCCCCCCCC. The van der Waals surface area contributed by atoms with Crippen molar-refractivity contribution in [3.8, 4) is 0 Å². The highest BCUT2D eigenvalue weighted by molar-refractivity contribution is 4.69. The number of hydrogen-bond donors (Lipinski definition) is 0. The summed E-state index contributed by atoms with van der Waals surface area (Å²) in [6.45, 7) is 13.5. The van der Waals surface area contributed by atoms with Gasteiger partial charge in [-0.05, 0) is 17.8 Å². The lowest BCUT2D eigenvalue weighted by atomic mass is 9.81. The van der Waals surface area contributed by atoms with Crippen LogP contribution in [0.25, 0.3) is 0 Å². The lowest BCUT2D eigenvalue weighted by molar-refractivity contribution is 0.261. The second-order valence-corrected chi connectivity index (χ2v) is 7.07. The van der Waals surface area contributed by atoms with Gasteiger partial charge in [-0.2, -0.15) is 0 Å². The number of rotatable bonds is 14. The Hall–Kier alpha value is 0. The summed E-state index contributed by atoms with van der Waals surface area (Å²) in [6.07, 6.45) is 17.0. The Morgan fingerprint density at radius 3 is 1.55 bits per heavy atom. The molecule has 0 aliphatic rings. The highest BCUT2D eigenvalue weighted by Gasteiger charge is 2.16. The molecule has 0 amide bonds. The molecule has 0 saturated carbocycles. The minimum absolute atomic E-state index is 0.785. The van der Waals surface area contributed by atoms with Crippen molar-refractivity contribution in [3.05, 3.63) is 6.92 Å². The average molecular weight is 282 g/mol. The van der Waals surface area contributed by atoms with Gasteiger partial charge in [0.2, 0.25) is 0 Å². The quantitative estimate of drug-likeness (QED) is 0.290. The van der Waals surface area contributed by atoms with Crippen molar-refractivity contribution >= 4 is 0 Å². The van der Waals surface area contributed by atoms with Crippen LogP contribution in [0.1, 0.15) is 105 Å². The van der Waals surface area contributed by atoms with E-state index in [1.807, 2.05) is 0 Å². The standard InChI is InChI=1S/C20H41/c1-6-8-9-10-11-12-13-14-15-16-17-19(4)20(5)18(3)7-2/h18-20H,2,6-17H2,1,3-5H3. The van der Waals surface area contributed by atoms with Crippen molar-refractivity contribution in [2.24, 2.45) is 17.8 Å². The molecule has 0 aliphatic carbocycles. The monoisotopic (exact) mass is 281 g/mol. The van der Waals surface area contributed by atoms with Crippen LogP contribution in [0.15, 0.2) is 0 Å². The smallest absolute Gasteiger partial charge is 0.0391 e. The van der Waals surface area contributed by atoms with Crippen LogP contribution in [0.2, 0.25) is 0 Å². The topological polar surface area (TPSA) is 0 Å². The van der Waals surface area contributed by atoms with Gasteiger partial charge in [-0.3, -0.25) is 0 Å². The van der Waals surface area contributed by atoms with Gasteiger partial charge in [0.15, 0.2) is 0 Å². The first kappa shape index (κ1) is 20.0. The van der Waals surface area contributed by atoms with E-state index < -0.39 is 0 Å². The Morgan fingerprint density at radius 1 is 0.650 bits per heavy atom. The normalized spacial score (nSPS) is 16.1. The number of unbranched alkanes of at least 4 members (excludes halogenated alkanes) is 9. The molecule has 3 atom stereocenters. The van der Waals surface area contributed by atoms with Crippen LogP contribution in [-0.4, -0.2) is 0 Å². The van der Waals surface area contributed by atoms with E-state index in [1.54, 1.807) is 0 Å². The average Bonchev–Trinajstić information content (AvgIpc) is 2.47. The van der Waals surface area contributed by atoms with Gasteiger partial charge in [0.05, 0.1) is 0 Å². The fourth-order valence-corrected chi connectivity index (χ4v) is 3.04. The summed E-state index contributed by atoms with van der Waals surface area (Å²) < 4.78 is 0. The molecule has 0 heteroatoms. The molecule has 0 saturated heterocycles. The molecule has 0 aromatic rings. The summed E-state index contributed by atoms with van der Waals surface area (Å²) in [6, 6.07) is 0. The predicted octanol–water partition coefficient (Wildman–Crippen LogP) is 7.43. The molecule has 20 heavy (non-hydrogen) atoms. The van der Waals surface area contributed by atoms with E-state index in [2.05, 4.69) is 34.6 Å². The first-order valence-electron chi connectivity index (χ1n) is 9.42. The van der Waals surface area contributed by atoms with Crippen LogP contribution >= 0.6 is 0 Å². The van der Waals surface area contributed by atoms with E-state index >= 15 is 0 Å². The Kier molecular flexibility index (Phi) is 14.0. The molecule has 0 fully saturated rings. The lowest BCUT2D eigenvalue weighted by Crippen LogP contribution is -2.16. The van der Waals surface area contributed by atoms with Gasteiger partial charge in [0.25, 0.3) is 0 Å². The van der Waals surface area contributed by atoms with Gasteiger partial charge in [0, 0.05) is 0 Å². The molecule has 121 valence electrons. The molecule has 0 rings (SSSR count). The molecule has 0 bridgehead atoms. The molecule has 0 aliphatic heterocycles. The van der Waals surface area contributed by atoms with Crippen molar-refractivity contribution in [2.75, 3.05) is 0 Å². The van der Waals surface area contributed by atoms with Gasteiger partial charge >= 0.3 is 0 Å². The van der Waals surface area contributed by atoms with E-state index in [0.717, 1.165) is 24.2 Å². The zero-order valence-electron chi connectivity index (χ0n) is 14.9. The van der Waals surface area contributed by atoms with E-state index in [9.17, 15) is 0 Å². The third kappa shape index (κ3) is 10.7. The van der Waals surface area contributed by atoms with Crippen LogP contribution in [0, 0.1) is 24.7 Å². The van der Waals surface area contributed by atoms with Gasteiger partial charge in [0.1, 0.15) is 0 Å². The third-order valence-corrected chi connectivity index (χ3v) is 5.26. The lowest BCUT2D eigenvalue weighted by Gasteiger charge is -2.25. The van der Waals surface area contributed by atoms with E-state index in [0.29, 0.717) is 0 Å².